The number of carbonyl (C=O) groups is 1. The SMILES string of the molecule is COC(=O)c1ccccc1C=Nc1ccc2c(c1)OC(C)(C)CC2(C)C. The van der Waals surface area contributed by atoms with Gasteiger partial charge in [-0.2, -0.15) is 0 Å². The van der Waals surface area contributed by atoms with Gasteiger partial charge >= 0.3 is 5.97 Å². The number of ether oxygens (including phenoxy) is 2. The number of nitrogens with zero attached hydrogens (tertiary/aromatic N) is 1. The van der Waals surface area contributed by atoms with E-state index in [1.165, 1.54) is 12.7 Å². The first-order valence-corrected chi connectivity index (χ1v) is 8.77. The second-order valence-electron chi connectivity index (χ2n) is 7.94. The number of esters is 1. The van der Waals surface area contributed by atoms with Crippen LogP contribution in [0.3, 0.4) is 0 Å². The van der Waals surface area contributed by atoms with E-state index in [0.717, 1.165) is 23.4 Å². The third kappa shape index (κ3) is 3.64. The van der Waals surface area contributed by atoms with Gasteiger partial charge in [0.05, 0.1) is 18.4 Å². The van der Waals surface area contributed by atoms with Crippen molar-refractivity contribution < 1.29 is 14.3 Å². The van der Waals surface area contributed by atoms with Crippen LogP contribution in [0.25, 0.3) is 0 Å². The maximum atomic E-state index is 11.9. The number of methoxy groups -OCH3 is 1. The van der Waals surface area contributed by atoms with Gasteiger partial charge in [0.1, 0.15) is 11.4 Å². The topological polar surface area (TPSA) is 47.9 Å². The molecule has 136 valence electrons. The van der Waals surface area contributed by atoms with Gasteiger partial charge in [0, 0.05) is 23.4 Å². The van der Waals surface area contributed by atoms with E-state index in [1.54, 1.807) is 18.3 Å². The normalized spacial score (nSPS) is 17.4. The summed E-state index contributed by atoms with van der Waals surface area (Å²) in [5.74, 6) is 0.506. The maximum Gasteiger partial charge on any atom is 0.338 e. The van der Waals surface area contributed by atoms with Crippen LogP contribution in [-0.2, 0) is 10.2 Å². The smallest absolute Gasteiger partial charge is 0.338 e. The Morgan fingerprint density at radius 2 is 1.88 bits per heavy atom. The number of hydrogen-bond acceptors (Lipinski definition) is 4. The van der Waals surface area contributed by atoms with Crippen LogP contribution in [0, 0.1) is 0 Å². The zero-order chi connectivity index (χ0) is 18.9. The molecule has 0 saturated heterocycles. The Hall–Kier alpha value is -2.62. The Morgan fingerprint density at radius 3 is 2.62 bits per heavy atom. The molecule has 1 heterocycles. The molecule has 2 aromatic carbocycles. The number of hydrogen-bond donors (Lipinski definition) is 0. The third-order valence-electron chi connectivity index (χ3n) is 4.67. The van der Waals surface area contributed by atoms with E-state index in [1.807, 2.05) is 24.3 Å². The van der Waals surface area contributed by atoms with Crippen molar-refractivity contribution >= 4 is 17.9 Å². The molecule has 0 atom stereocenters. The summed E-state index contributed by atoms with van der Waals surface area (Å²) in [4.78, 5) is 16.4. The molecule has 0 radical (unpaired) electrons. The molecule has 0 fully saturated rings. The number of aliphatic imine (C=N–C) groups is 1. The second kappa shape index (κ2) is 6.60. The van der Waals surface area contributed by atoms with Gasteiger partial charge in [-0.3, -0.25) is 4.99 Å². The van der Waals surface area contributed by atoms with E-state index in [4.69, 9.17) is 9.47 Å². The molecule has 0 spiro atoms. The van der Waals surface area contributed by atoms with Crippen LogP contribution in [0.4, 0.5) is 5.69 Å². The van der Waals surface area contributed by atoms with Crippen molar-refractivity contribution in [3.63, 3.8) is 0 Å². The lowest BCUT2D eigenvalue weighted by molar-refractivity contribution is 0.0534. The quantitative estimate of drug-likeness (QED) is 0.573. The van der Waals surface area contributed by atoms with Gasteiger partial charge in [0.2, 0.25) is 0 Å². The lowest BCUT2D eigenvalue weighted by atomic mass is 9.74. The van der Waals surface area contributed by atoms with Gasteiger partial charge in [-0.1, -0.05) is 38.1 Å². The van der Waals surface area contributed by atoms with E-state index in [-0.39, 0.29) is 17.0 Å². The predicted molar refractivity (Wildman–Crippen MR) is 104 cm³/mol. The van der Waals surface area contributed by atoms with Crippen LogP contribution in [0.5, 0.6) is 5.75 Å². The highest BCUT2D eigenvalue weighted by molar-refractivity contribution is 5.99. The molecule has 0 aliphatic carbocycles. The predicted octanol–water partition coefficient (Wildman–Crippen LogP) is 5.06. The highest BCUT2D eigenvalue weighted by atomic mass is 16.5. The average Bonchev–Trinajstić information content (AvgIpc) is 2.57. The zero-order valence-corrected chi connectivity index (χ0v) is 16.0. The lowest BCUT2D eigenvalue weighted by Gasteiger charge is -2.42. The molecule has 0 aromatic heterocycles. The van der Waals surface area contributed by atoms with Crippen molar-refractivity contribution in [2.45, 2.75) is 45.1 Å². The van der Waals surface area contributed by atoms with Gasteiger partial charge in [-0.05, 0) is 37.8 Å². The highest BCUT2D eigenvalue weighted by Gasteiger charge is 2.38. The molecule has 2 aromatic rings. The van der Waals surface area contributed by atoms with Gasteiger partial charge in [-0.25, -0.2) is 4.79 Å². The number of fused-ring (bicyclic) bond motifs is 1. The van der Waals surface area contributed by atoms with Crippen LogP contribution in [0.1, 0.15) is 55.6 Å². The summed E-state index contributed by atoms with van der Waals surface area (Å²) in [6.45, 7) is 8.71. The Bertz CT molecular complexity index is 865. The standard InChI is InChI=1S/C22H25NO3/c1-21(2)14-22(3,4)26-19-12-16(10-11-18(19)21)23-13-15-8-6-7-9-17(15)20(24)25-5/h6-13H,14H2,1-5H3. The third-order valence-corrected chi connectivity index (χ3v) is 4.67. The van der Waals surface area contributed by atoms with Crippen molar-refractivity contribution in [1.29, 1.82) is 0 Å². The molecule has 0 bridgehead atoms. The minimum Gasteiger partial charge on any atom is -0.487 e. The lowest BCUT2D eigenvalue weighted by Crippen LogP contribution is -2.41. The maximum absolute atomic E-state index is 11.9. The van der Waals surface area contributed by atoms with Crippen LogP contribution >= 0.6 is 0 Å². The van der Waals surface area contributed by atoms with Gasteiger partial charge in [0.25, 0.3) is 0 Å². The first-order chi connectivity index (χ1) is 12.2. The van der Waals surface area contributed by atoms with Crippen LogP contribution in [0.2, 0.25) is 0 Å². The summed E-state index contributed by atoms with van der Waals surface area (Å²) in [7, 11) is 1.38. The van der Waals surface area contributed by atoms with Crippen molar-refractivity contribution in [3.8, 4) is 5.75 Å². The Morgan fingerprint density at radius 1 is 1.15 bits per heavy atom. The minimum absolute atomic E-state index is 0.0524. The molecule has 0 unspecified atom stereocenters. The molecule has 4 nitrogen and oxygen atoms in total. The van der Waals surface area contributed by atoms with E-state index in [0.29, 0.717) is 5.56 Å². The zero-order valence-electron chi connectivity index (χ0n) is 16.0. The van der Waals surface area contributed by atoms with Gasteiger partial charge < -0.3 is 9.47 Å². The second-order valence-corrected chi connectivity index (χ2v) is 7.94. The molecule has 0 N–H and O–H groups in total. The minimum atomic E-state index is -0.371. The molecular weight excluding hydrogens is 326 g/mol. The van der Waals surface area contributed by atoms with Gasteiger partial charge in [0.15, 0.2) is 0 Å². The molecule has 26 heavy (non-hydrogen) atoms. The van der Waals surface area contributed by atoms with Crippen LogP contribution in [0.15, 0.2) is 47.5 Å². The summed E-state index contributed by atoms with van der Waals surface area (Å²) in [5, 5.41) is 0. The molecule has 1 aliphatic heterocycles. The summed E-state index contributed by atoms with van der Waals surface area (Å²) >= 11 is 0. The van der Waals surface area contributed by atoms with Crippen LogP contribution < -0.4 is 4.74 Å². The molecule has 0 saturated carbocycles. The van der Waals surface area contributed by atoms with Gasteiger partial charge in [-0.15, -0.1) is 0 Å². The monoisotopic (exact) mass is 351 g/mol. The van der Waals surface area contributed by atoms with Crippen LogP contribution in [-0.4, -0.2) is 24.9 Å². The summed E-state index contributed by atoms with van der Waals surface area (Å²) in [5.41, 5.74) is 3.05. The highest BCUT2D eigenvalue weighted by Crippen LogP contribution is 2.45. The Labute approximate surface area is 154 Å². The summed E-state index contributed by atoms with van der Waals surface area (Å²) in [6.07, 6.45) is 2.65. The molecule has 3 rings (SSSR count). The largest absolute Gasteiger partial charge is 0.487 e. The first-order valence-electron chi connectivity index (χ1n) is 8.77. The Balaban J connectivity index is 1.94. The van der Waals surface area contributed by atoms with Crippen molar-refractivity contribution in [2.75, 3.05) is 7.11 Å². The number of carbonyl (C=O) groups excluding carboxylic acids is 1. The van der Waals surface area contributed by atoms with E-state index in [2.05, 4.69) is 38.8 Å². The summed E-state index contributed by atoms with van der Waals surface area (Å²) in [6, 6.07) is 13.3. The number of benzene rings is 2. The van der Waals surface area contributed by atoms with Crippen molar-refractivity contribution in [2.24, 2.45) is 4.99 Å². The average molecular weight is 351 g/mol. The fourth-order valence-corrected chi connectivity index (χ4v) is 3.78. The Kier molecular flexibility index (Phi) is 4.61. The summed E-state index contributed by atoms with van der Waals surface area (Å²) < 4.78 is 11.0. The van der Waals surface area contributed by atoms with E-state index in [9.17, 15) is 4.79 Å². The first kappa shape index (κ1) is 18.2. The number of rotatable bonds is 3. The molecule has 4 heteroatoms. The van der Waals surface area contributed by atoms with E-state index >= 15 is 0 Å². The molecule has 1 aliphatic rings. The fraction of sp³-hybridized carbons (Fsp3) is 0.364. The van der Waals surface area contributed by atoms with Crippen molar-refractivity contribution in [1.82, 2.24) is 0 Å². The fourth-order valence-electron chi connectivity index (χ4n) is 3.78. The van der Waals surface area contributed by atoms with Crippen molar-refractivity contribution in [3.05, 3.63) is 59.2 Å². The molecular formula is C22H25NO3. The van der Waals surface area contributed by atoms with E-state index < -0.39 is 0 Å². The molecule has 0 amide bonds.